The maximum absolute atomic E-state index is 13.7. The van der Waals surface area contributed by atoms with Gasteiger partial charge in [0, 0.05) is 26.3 Å². The molecule has 1 atom stereocenters. The number of rotatable bonds is 5. The van der Waals surface area contributed by atoms with Gasteiger partial charge in [0.25, 0.3) is 5.56 Å². The number of H-pyrrole nitrogens is 1. The number of ether oxygens (including phenoxy) is 2. The first-order valence-electron chi connectivity index (χ1n) is 10.8. The first kappa shape index (κ1) is 21.8. The normalized spacial score (nSPS) is 18.7. The molecular weight excluding hydrogens is 451 g/mol. The van der Waals surface area contributed by atoms with Crippen LogP contribution >= 0.6 is 11.6 Å². The highest BCUT2D eigenvalue weighted by Crippen LogP contribution is 2.33. The minimum absolute atomic E-state index is 0.0261. The summed E-state index contributed by atoms with van der Waals surface area (Å²) in [6.45, 7) is 4.44. The van der Waals surface area contributed by atoms with Gasteiger partial charge in [0.2, 0.25) is 0 Å². The van der Waals surface area contributed by atoms with Gasteiger partial charge in [-0.25, -0.2) is 14.1 Å². The molecule has 2 aliphatic heterocycles. The molecule has 0 saturated carbocycles. The van der Waals surface area contributed by atoms with E-state index in [0.29, 0.717) is 43.2 Å². The summed E-state index contributed by atoms with van der Waals surface area (Å²) in [5.74, 6) is 0.163. The Kier molecular flexibility index (Phi) is 5.78. The number of benzene rings is 1. The Morgan fingerprint density at radius 2 is 2.12 bits per heavy atom. The third kappa shape index (κ3) is 3.97. The Labute approximate surface area is 193 Å². The Balaban J connectivity index is 1.31. The van der Waals surface area contributed by atoms with Gasteiger partial charge >= 0.3 is 0 Å². The fourth-order valence-corrected chi connectivity index (χ4v) is 4.53. The number of nitrogens with zero attached hydrogens (tertiary/aromatic N) is 5. The summed E-state index contributed by atoms with van der Waals surface area (Å²) in [6, 6.07) is 4.36. The van der Waals surface area contributed by atoms with Crippen LogP contribution in [0.2, 0.25) is 5.02 Å². The number of fused-ring (bicyclic) bond motifs is 1. The van der Waals surface area contributed by atoms with Crippen molar-refractivity contribution in [1.29, 1.82) is 5.26 Å². The third-order valence-corrected chi connectivity index (χ3v) is 6.67. The lowest BCUT2D eigenvalue weighted by Crippen LogP contribution is -2.54. The van der Waals surface area contributed by atoms with E-state index in [1.165, 1.54) is 12.1 Å². The minimum Gasteiger partial charge on any atom is -0.486 e. The SMILES string of the molecule is CC(c1nc2c(cnn2C2CCOCC2)c(=O)[nH]1)N1CC(Oc2ccc(F)c(C#N)c2Cl)C1. The van der Waals surface area contributed by atoms with Gasteiger partial charge in [-0.15, -0.1) is 0 Å². The summed E-state index contributed by atoms with van der Waals surface area (Å²) in [4.78, 5) is 22.4. The van der Waals surface area contributed by atoms with Crippen molar-refractivity contribution in [3.8, 4) is 11.8 Å². The van der Waals surface area contributed by atoms with E-state index in [4.69, 9.17) is 31.3 Å². The lowest BCUT2D eigenvalue weighted by atomic mass is 10.1. The fourth-order valence-electron chi connectivity index (χ4n) is 4.29. The van der Waals surface area contributed by atoms with E-state index in [2.05, 4.69) is 15.0 Å². The monoisotopic (exact) mass is 472 g/mol. The van der Waals surface area contributed by atoms with Crippen molar-refractivity contribution in [2.75, 3.05) is 26.3 Å². The molecule has 5 rings (SSSR count). The van der Waals surface area contributed by atoms with Crippen LogP contribution in [0.4, 0.5) is 4.39 Å². The maximum atomic E-state index is 13.7. The highest BCUT2D eigenvalue weighted by molar-refractivity contribution is 6.33. The van der Waals surface area contributed by atoms with Crippen LogP contribution in [0.1, 0.15) is 43.2 Å². The predicted molar refractivity (Wildman–Crippen MR) is 118 cm³/mol. The summed E-state index contributed by atoms with van der Waals surface area (Å²) in [6.07, 6.45) is 3.06. The molecule has 1 aromatic carbocycles. The second kappa shape index (κ2) is 8.74. The predicted octanol–water partition coefficient (Wildman–Crippen LogP) is 2.96. The molecule has 0 radical (unpaired) electrons. The van der Waals surface area contributed by atoms with Gasteiger partial charge in [-0.3, -0.25) is 9.69 Å². The van der Waals surface area contributed by atoms with Crippen molar-refractivity contribution in [3.05, 3.63) is 50.9 Å². The molecule has 0 aliphatic carbocycles. The Bertz CT molecular complexity index is 1290. The van der Waals surface area contributed by atoms with Crippen molar-refractivity contribution in [2.45, 2.75) is 38.0 Å². The zero-order valence-corrected chi connectivity index (χ0v) is 18.7. The van der Waals surface area contributed by atoms with E-state index in [1.54, 1.807) is 12.3 Å². The molecule has 11 heteroatoms. The minimum atomic E-state index is -0.677. The number of nitriles is 1. The Morgan fingerprint density at radius 1 is 1.36 bits per heavy atom. The summed E-state index contributed by atoms with van der Waals surface area (Å²) < 4.78 is 26.8. The van der Waals surface area contributed by atoms with Gasteiger partial charge in [0.15, 0.2) is 5.65 Å². The van der Waals surface area contributed by atoms with Gasteiger partial charge in [0.05, 0.1) is 18.3 Å². The number of aromatic nitrogens is 4. The summed E-state index contributed by atoms with van der Waals surface area (Å²) in [5.41, 5.74) is 0.147. The van der Waals surface area contributed by atoms with Gasteiger partial charge in [-0.05, 0) is 31.9 Å². The van der Waals surface area contributed by atoms with E-state index < -0.39 is 5.82 Å². The van der Waals surface area contributed by atoms with Crippen LogP contribution in [-0.2, 0) is 4.74 Å². The summed E-state index contributed by atoms with van der Waals surface area (Å²) in [5, 5.41) is 13.9. The van der Waals surface area contributed by atoms with Gasteiger partial charge < -0.3 is 14.5 Å². The van der Waals surface area contributed by atoms with E-state index >= 15 is 0 Å². The molecule has 2 fully saturated rings. The Hall–Kier alpha value is -3.00. The molecule has 1 unspecified atom stereocenters. The maximum Gasteiger partial charge on any atom is 0.262 e. The van der Waals surface area contributed by atoms with Crippen LogP contribution in [0.25, 0.3) is 11.0 Å². The van der Waals surface area contributed by atoms with E-state index in [1.807, 2.05) is 11.6 Å². The summed E-state index contributed by atoms with van der Waals surface area (Å²) >= 11 is 6.11. The molecular formula is C22H22ClFN6O3. The van der Waals surface area contributed by atoms with Crippen LogP contribution in [0, 0.1) is 17.1 Å². The molecule has 172 valence electrons. The molecule has 4 heterocycles. The van der Waals surface area contributed by atoms with Gasteiger partial charge in [0.1, 0.15) is 45.5 Å². The quantitative estimate of drug-likeness (QED) is 0.608. The first-order chi connectivity index (χ1) is 16.0. The second-order valence-corrected chi connectivity index (χ2v) is 8.72. The molecule has 0 spiro atoms. The molecule has 2 saturated heterocycles. The van der Waals surface area contributed by atoms with E-state index in [-0.39, 0.29) is 40.1 Å². The average Bonchev–Trinajstić information content (AvgIpc) is 3.22. The summed E-state index contributed by atoms with van der Waals surface area (Å²) in [7, 11) is 0. The number of nitrogens with one attached hydrogen (secondary N) is 1. The number of hydrogen-bond acceptors (Lipinski definition) is 7. The fraction of sp³-hybridized carbons (Fsp3) is 0.455. The van der Waals surface area contributed by atoms with E-state index in [9.17, 15) is 9.18 Å². The van der Waals surface area contributed by atoms with Gasteiger partial charge in [-0.1, -0.05) is 11.6 Å². The van der Waals surface area contributed by atoms with Crippen molar-refractivity contribution in [2.24, 2.45) is 0 Å². The molecule has 2 aromatic heterocycles. The standard InChI is InChI=1S/C22H22ClFN6O3/c1-12(29-10-14(11-29)33-18-3-2-17(24)15(8-25)19(18)23)20-27-21-16(22(31)28-20)9-26-30(21)13-4-6-32-7-5-13/h2-3,9,12-14H,4-7,10-11H2,1H3,(H,27,28,31). The average molecular weight is 473 g/mol. The van der Waals surface area contributed by atoms with Gasteiger partial charge in [-0.2, -0.15) is 10.4 Å². The van der Waals surface area contributed by atoms with Crippen molar-refractivity contribution < 1.29 is 13.9 Å². The lowest BCUT2D eigenvalue weighted by molar-refractivity contribution is -0.00735. The molecule has 0 bridgehead atoms. The molecule has 3 aromatic rings. The number of aromatic amines is 1. The van der Waals surface area contributed by atoms with Crippen molar-refractivity contribution >= 4 is 22.6 Å². The highest BCUT2D eigenvalue weighted by atomic mass is 35.5. The lowest BCUT2D eigenvalue weighted by Gasteiger charge is -2.42. The largest absolute Gasteiger partial charge is 0.486 e. The molecule has 9 nitrogen and oxygen atoms in total. The van der Waals surface area contributed by atoms with Crippen LogP contribution in [0.3, 0.4) is 0 Å². The molecule has 33 heavy (non-hydrogen) atoms. The molecule has 1 N–H and O–H groups in total. The number of likely N-dealkylation sites (tertiary alicyclic amines) is 1. The van der Waals surface area contributed by atoms with Crippen LogP contribution in [-0.4, -0.2) is 57.1 Å². The third-order valence-electron chi connectivity index (χ3n) is 6.30. The van der Waals surface area contributed by atoms with Crippen molar-refractivity contribution in [1.82, 2.24) is 24.6 Å². The zero-order valence-electron chi connectivity index (χ0n) is 17.9. The van der Waals surface area contributed by atoms with Crippen molar-refractivity contribution in [3.63, 3.8) is 0 Å². The second-order valence-electron chi connectivity index (χ2n) is 8.34. The molecule has 0 amide bonds. The smallest absolute Gasteiger partial charge is 0.262 e. The number of halogens is 2. The molecule has 2 aliphatic rings. The van der Waals surface area contributed by atoms with E-state index in [0.717, 1.165) is 12.8 Å². The highest BCUT2D eigenvalue weighted by Gasteiger charge is 2.34. The van der Waals surface area contributed by atoms with Crippen LogP contribution in [0.5, 0.6) is 5.75 Å². The van der Waals surface area contributed by atoms with Crippen LogP contribution < -0.4 is 10.3 Å². The topological polar surface area (TPSA) is 109 Å². The number of hydrogen-bond donors (Lipinski definition) is 1. The zero-order chi connectivity index (χ0) is 23.1. The Morgan fingerprint density at radius 3 is 2.85 bits per heavy atom. The van der Waals surface area contributed by atoms with Crippen LogP contribution in [0.15, 0.2) is 23.1 Å². The first-order valence-corrected chi connectivity index (χ1v) is 11.2.